The Morgan fingerprint density at radius 3 is 1.61 bits per heavy atom. The molecule has 1 aliphatic heterocycles. The molecule has 1 fully saturated rings. The Bertz CT molecular complexity index is 467. The second-order valence-electron chi connectivity index (χ2n) is 8.00. The number of nitrogens with zero attached hydrogens (tertiary/aromatic N) is 1. The summed E-state index contributed by atoms with van der Waals surface area (Å²) in [5.74, 6) is -1.65. The molecule has 0 aromatic carbocycles. The van der Waals surface area contributed by atoms with Gasteiger partial charge in [0.15, 0.2) is 0 Å². The Labute approximate surface area is 177 Å². The Balaban J connectivity index is 0.00000729. The molecule has 28 heavy (non-hydrogen) atoms. The van der Waals surface area contributed by atoms with Crippen LogP contribution in [0.25, 0.3) is 0 Å². The number of carboxylic acids is 1. The van der Waals surface area contributed by atoms with E-state index >= 15 is 0 Å². The average Bonchev–Trinajstić information content (AvgIpc) is 2.98. The molecule has 0 saturated carbocycles. The van der Waals surface area contributed by atoms with Gasteiger partial charge < -0.3 is 5.11 Å². The van der Waals surface area contributed by atoms with Crippen LogP contribution in [-0.4, -0.2) is 33.3 Å². The smallest absolute Gasteiger partial charge is 0.330 e. The lowest BCUT2D eigenvalue weighted by atomic mass is 9.85. The molecule has 1 rings (SSSR count). The second-order valence-corrected chi connectivity index (χ2v) is 8.00. The number of hydrogen-bond donors (Lipinski definition) is 1. The topological polar surface area (TPSA) is 74.7 Å². The lowest BCUT2D eigenvalue weighted by molar-refractivity contribution is -0.164. The molecule has 1 aliphatic rings. The molecule has 164 valence electrons. The maximum Gasteiger partial charge on any atom is 0.330 e. The van der Waals surface area contributed by atoms with Crippen molar-refractivity contribution in [3.8, 4) is 0 Å². The van der Waals surface area contributed by atoms with Crippen molar-refractivity contribution < 1.29 is 19.5 Å². The van der Waals surface area contributed by atoms with Crippen molar-refractivity contribution in [2.45, 2.75) is 122 Å². The maximum absolute atomic E-state index is 12.2. The van der Waals surface area contributed by atoms with E-state index in [2.05, 4.69) is 6.92 Å². The molecule has 0 aromatic heterocycles. The van der Waals surface area contributed by atoms with Gasteiger partial charge in [0.1, 0.15) is 5.54 Å². The molecule has 1 saturated heterocycles. The number of halogens is 1. The van der Waals surface area contributed by atoms with Gasteiger partial charge in [0.2, 0.25) is 11.8 Å². The predicted octanol–water partition coefficient (Wildman–Crippen LogP) is 5.88. The molecule has 0 radical (unpaired) electrons. The highest BCUT2D eigenvalue weighted by atomic mass is 35.5. The fraction of sp³-hybridized carbons (Fsp3) is 0.864. The monoisotopic (exact) mass is 417 g/mol. The molecule has 1 heterocycles. The fourth-order valence-electron chi connectivity index (χ4n) is 4.09. The first kappa shape index (κ1) is 26.9. The second kappa shape index (κ2) is 14.8. The van der Waals surface area contributed by atoms with Crippen molar-refractivity contribution in [1.82, 2.24) is 4.90 Å². The summed E-state index contributed by atoms with van der Waals surface area (Å²) >= 11 is 0. The zero-order chi connectivity index (χ0) is 20.1. The summed E-state index contributed by atoms with van der Waals surface area (Å²) in [5.41, 5.74) is -1.33. The van der Waals surface area contributed by atoms with Gasteiger partial charge in [0.05, 0.1) is 0 Å². The van der Waals surface area contributed by atoms with E-state index in [0.717, 1.165) is 30.6 Å². The number of unbranched alkanes of at least 4 members (excludes halogenated alkanes) is 10. The summed E-state index contributed by atoms with van der Waals surface area (Å²) in [6.07, 6.45) is 14.4. The molecule has 0 aliphatic carbocycles. The maximum atomic E-state index is 12.2. The quantitative estimate of drug-likeness (QED) is 0.251. The van der Waals surface area contributed by atoms with Crippen molar-refractivity contribution in [3.05, 3.63) is 0 Å². The minimum Gasteiger partial charge on any atom is -0.479 e. The van der Waals surface area contributed by atoms with Crippen LogP contribution in [0.3, 0.4) is 0 Å². The van der Waals surface area contributed by atoms with Gasteiger partial charge in [-0.2, -0.15) is 0 Å². The van der Waals surface area contributed by atoms with E-state index in [9.17, 15) is 19.5 Å². The van der Waals surface area contributed by atoms with Crippen LogP contribution in [0.15, 0.2) is 0 Å². The highest BCUT2D eigenvalue weighted by Crippen LogP contribution is 2.34. The summed E-state index contributed by atoms with van der Waals surface area (Å²) in [6, 6.07) is 0. The van der Waals surface area contributed by atoms with Crippen LogP contribution < -0.4 is 0 Å². The number of rotatable bonds is 16. The molecule has 1 unspecified atom stereocenters. The number of hydrogen-bond acceptors (Lipinski definition) is 3. The fourth-order valence-corrected chi connectivity index (χ4v) is 4.09. The van der Waals surface area contributed by atoms with Crippen LogP contribution in [-0.2, 0) is 14.4 Å². The van der Waals surface area contributed by atoms with Crippen LogP contribution in [0.2, 0.25) is 0 Å². The summed E-state index contributed by atoms with van der Waals surface area (Å²) in [6.45, 7) is 4.22. The Kier molecular flexibility index (Phi) is 14.3. The van der Waals surface area contributed by atoms with E-state index in [0.29, 0.717) is 19.3 Å². The summed E-state index contributed by atoms with van der Waals surface area (Å²) in [5, 5.41) is 9.94. The van der Waals surface area contributed by atoms with Gasteiger partial charge in [-0.05, 0) is 12.8 Å². The largest absolute Gasteiger partial charge is 0.479 e. The van der Waals surface area contributed by atoms with E-state index in [-0.39, 0.29) is 37.1 Å². The predicted molar refractivity (Wildman–Crippen MR) is 115 cm³/mol. The van der Waals surface area contributed by atoms with Crippen molar-refractivity contribution in [2.75, 3.05) is 0 Å². The zero-order valence-corrected chi connectivity index (χ0v) is 18.7. The Morgan fingerprint density at radius 2 is 1.18 bits per heavy atom. The zero-order valence-electron chi connectivity index (χ0n) is 17.8. The number of carbonyl (C=O) groups excluding carboxylic acids is 2. The summed E-state index contributed by atoms with van der Waals surface area (Å²) < 4.78 is 0. The molecule has 5 nitrogen and oxygen atoms in total. The van der Waals surface area contributed by atoms with Gasteiger partial charge in [0.25, 0.3) is 0 Å². The van der Waals surface area contributed by atoms with Crippen molar-refractivity contribution >= 4 is 30.2 Å². The molecular formula is C22H40ClNO4. The van der Waals surface area contributed by atoms with E-state index in [4.69, 9.17) is 0 Å². The minimum atomic E-state index is -1.33. The average molecular weight is 418 g/mol. The Hall–Kier alpha value is -1.10. The van der Waals surface area contributed by atoms with Gasteiger partial charge in [-0.25, -0.2) is 4.79 Å². The van der Waals surface area contributed by atoms with Gasteiger partial charge >= 0.3 is 5.97 Å². The molecule has 0 aromatic rings. The molecule has 1 atom stereocenters. The number of carboxylic acid groups (broad SMARTS) is 1. The third kappa shape index (κ3) is 8.10. The molecule has 1 N–H and O–H groups in total. The van der Waals surface area contributed by atoms with Crippen LogP contribution in [0.5, 0.6) is 0 Å². The molecule has 0 spiro atoms. The molecule has 0 bridgehead atoms. The first-order chi connectivity index (χ1) is 13.0. The minimum absolute atomic E-state index is 0. The van der Waals surface area contributed by atoms with Gasteiger partial charge in [-0.1, -0.05) is 90.9 Å². The number of carbonyl (C=O) groups is 3. The van der Waals surface area contributed by atoms with E-state index in [1.54, 1.807) is 0 Å². The van der Waals surface area contributed by atoms with E-state index < -0.39 is 11.5 Å². The highest BCUT2D eigenvalue weighted by Gasteiger charge is 2.50. The van der Waals surface area contributed by atoms with Crippen LogP contribution in [0.1, 0.15) is 117 Å². The SMILES string of the molecule is CCCCCCCCCCCCC(CCCC)(C(=O)O)N1C(=O)CCC1=O.Cl. The first-order valence-corrected chi connectivity index (χ1v) is 11.1. The standard InChI is InChI=1S/C22H39NO4.ClH/c1-3-5-7-8-9-10-11-12-13-14-18-22(21(26)27,17-6-4-2)23-19(24)15-16-20(23)25;/h3-18H2,1-2H3,(H,26,27);1H. The van der Waals surface area contributed by atoms with Crippen LogP contribution in [0, 0.1) is 0 Å². The number of likely N-dealkylation sites (tertiary alicyclic amines) is 1. The van der Waals surface area contributed by atoms with Gasteiger partial charge in [-0.15, -0.1) is 12.4 Å². The summed E-state index contributed by atoms with van der Waals surface area (Å²) in [4.78, 5) is 37.7. The number of imide groups is 1. The summed E-state index contributed by atoms with van der Waals surface area (Å²) in [7, 11) is 0. The highest BCUT2D eigenvalue weighted by molar-refractivity contribution is 6.06. The van der Waals surface area contributed by atoms with E-state index in [1.807, 2.05) is 6.92 Å². The van der Waals surface area contributed by atoms with Crippen LogP contribution in [0.4, 0.5) is 0 Å². The van der Waals surface area contributed by atoms with E-state index in [1.165, 1.54) is 44.9 Å². The lowest BCUT2D eigenvalue weighted by Crippen LogP contribution is -2.57. The molecule has 2 amide bonds. The third-order valence-corrected chi connectivity index (χ3v) is 5.77. The third-order valence-electron chi connectivity index (χ3n) is 5.77. The number of aliphatic carboxylic acids is 1. The first-order valence-electron chi connectivity index (χ1n) is 11.1. The van der Waals surface area contributed by atoms with Crippen molar-refractivity contribution in [1.29, 1.82) is 0 Å². The Morgan fingerprint density at radius 1 is 0.786 bits per heavy atom. The van der Waals surface area contributed by atoms with Gasteiger partial charge in [0, 0.05) is 12.8 Å². The van der Waals surface area contributed by atoms with Crippen molar-refractivity contribution in [2.24, 2.45) is 0 Å². The molecular weight excluding hydrogens is 378 g/mol. The number of amides is 2. The lowest BCUT2D eigenvalue weighted by Gasteiger charge is -2.37. The van der Waals surface area contributed by atoms with Crippen molar-refractivity contribution in [3.63, 3.8) is 0 Å². The normalized spacial score (nSPS) is 16.1. The molecule has 6 heteroatoms. The van der Waals surface area contributed by atoms with Crippen LogP contribution >= 0.6 is 12.4 Å². The van der Waals surface area contributed by atoms with Gasteiger partial charge in [-0.3, -0.25) is 14.5 Å².